The highest BCUT2D eigenvalue weighted by atomic mass is 16.6. The first-order valence-electron chi connectivity index (χ1n) is 5.37. The number of hydrogen-bond donors (Lipinski definition) is 0. The largest absolute Gasteiger partial charge is 0.485 e. The number of rotatable bonds is 5. The zero-order chi connectivity index (χ0) is 13.0. The Morgan fingerprint density at radius 1 is 1.50 bits per heavy atom. The van der Waals surface area contributed by atoms with Crippen LogP contribution in [0.25, 0.3) is 0 Å². The molecule has 1 aromatic carbocycles. The van der Waals surface area contributed by atoms with Gasteiger partial charge in [0, 0.05) is 6.07 Å². The summed E-state index contributed by atoms with van der Waals surface area (Å²) >= 11 is 0. The van der Waals surface area contributed by atoms with Gasteiger partial charge in [-0.25, -0.2) is 9.67 Å². The van der Waals surface area contributed by atoms with E-state index >= 15 is 0 Å². The number of aryl methyl sites for hydroxylation is 1. The molecule has 7 nitrogen and oxygen atoms in total. The van der Waals surface area contributed by atoms with E-state index in [-0.39, 0.29) is 11.4 Å². The molecule has 0 unspecified atom stereocenters. The maximum absolute atomic E-state index is 10.9. The van der Waals surface area contributed by atoms with E-state index in [1.54, 1.807) is 30.1 Å². The fraction of sp³-hybridized carbons (Fsp3) is 0.273. The fourth-order valence-corrected chi connectivity index (χ4v) is 1.49. The van der Waals surface area contributed by atoms with E-state index < -0.39 is 4.92 Å². The van der Waals surface area contributed by atoms with Gasteiger partial charge in [-0.2, -0.15) is 5.10 Å². The Balaban J connectivity index is 2.02. The van der Waals surface area contributed by atoms with E-state index in [1.165, 1.54) is 12.4 Å². The molecule has 0 radical (unpaired) electrons. The molecule has 94 valence electrons. The molecule has 18 heavy (non-hydrogen) atoms. The Morgan fingerprint density at radius 2 is 2.33 bits per heavy atom. The van der Waals surface area contributed by atoms with Gasteiger partial charge in [0.1, 0.15) is 19.3 Å². The zero-order valence-corrected chi connectivity index (χ0v) is 9.81. The summed E-state index contributed by atoms with van der Waals surface area (Å²) in [5.41, 5.74) is 0.805. The van der Waals surface area contributed by atoms with Crippen LogP contribution in [-0.4, -0.2) is 26.3 Å². The third-order valence-corrected chi connectivity index (χ3v) is 2.36. The van der Waals surface area contributed by atoms with Gasteiger partial charge in [0.25, 0.3) is 0 Å². The van der Waals surface area contributed by atoms with Crippen LogP contribution in [-0.2, 0) is 6.54 Å². The number of hydrogen-bond acceptors (Lipinski definition) is 5. The van der Waals surface area contributed by atoms with Gasteiger partial charge in [0.2, 0.25) is 0 Å². The molecule has 2 rings (SSSR count). The van der Waals surface area contributed by atoms with Gasteiger partial charge in [-0.1, -0.05) is 6.07 Å². The quantitative estimate of drug-likeness (QED) is 0.592. The predicted octanol–water partition coefficient (Wildman–Crippen LogP) is 1.57. The minimum absolute atomic E-state index is 0.0198. The van der Waals surface area contributed by atoms with Crippen molar-refractivity contribution in [2.24, 2.45) is 0 Å². The van der Waals surface area contributed by atoms with E-state index in [1.807, 2.05) is 0 Å². The zero-order valence-electron chi connectivity index (χ0n) is 9.81. The number of nitro groups is 1. The van der Waals surface area contributed by atoms with Crippen molar-refractivity contribution in [1.29, 1.82) is 0 Å². The highest BCUT2D eigenvalue weighted by molar-refractivity contribution is 5.48. The molecule has 0 saturated carbocycles. The maximum atomic E-state index is 10.9. The van der Waals surface area contributed by atoms with Crippen LogP contribution in [0.3, 0.4) is 0 Å². The van der Waals surface area contributed by atoms with E-state index in [0.717, 1.165) is 5.56 Å². The Bertz CT molecular complexity index is 539. The molecule has 1 heterocycles. The molecule has 0 fully saturated rings. The second-order valence-corrected chi connectivity index (χ2v) is 3.74. The molecule has 0 aliphatic rings. The van der Waals surface area contributed by atoms with E-state index in [2.05, 4.69) is 10.1 Å². The highest BCUT2D eigenvalue weighted by Crippen LogP contribution is 2.27. The lowest BCUT2D eigenvalue weighted by Gasteiger charge is -2.07. The van der Waals surface area contributed by atoms with Crippen LogP contribution in [0.2, 0.25) is 0 Å². The Kier molecular flexibility index (Phi) is 3.52. The normalized spacial score (nSPS) is 10.3. The molecule has 7 heteroatoms. The Morgan fingerprint density at radius 3 is 3.00 bits per heavy atom. The van der Waals surface area contributed by atoms with Crippen molar-refractivity contribution in [2.45, 2.75) is 13.5 Å². The lowest BCUT2D eigenvalue weighted by atomic mass is 10.2. The van der Waals surface area contributed by atoms with Gasteiger partial charge >= 0.3 is 5.69 Å². The second kappa shape index (κ2) is 5.26. The molecule has 0 amide bonds. The standard InChI is InChI=1S/C11H12N4O3/c1-9-2-3-11(10(6-9)15(16)17)18-5-4-14-8-12-7-13-14/h2-3,6-8H,4-5H2,1H3. The Labute approximate surface area is 103 Å². The average Bonchev–Trinajstić information content (AvgIpc) is 2.84. The van der Waals surface area contributed by atoms with E-state index in [9.17, 15) is 10.1 Å². The fourth-order valence-electron chi connectivity index (χ4n) is 1.49. The summed E-state index contributed by atoms with van der Waals surface area (Å²) in [6, 6.07) is 4.87. The SMILES string of the molecule is Cc1ccc(OCCn2cncn2)c([N+](=O)[O-])c1. The van der Waals surface area contributed by atoms with Crippen molar-refractivity contribution in [3.8, 4) is 5.75 Å². The molecular formula is C11H12N4O3. The van der Waals surface area contributed by atoms with Gasteiger partial charge in [0.15, 0.2) is 5.75 Å². The molecule has 1 aromatic heterocycles. The summed E-state index contributed by atoms with van der Waals surface area (Å²) in [4.78, 5) is 14.2. The molecule has 0 N–H and O–H groups in total. The second-order valence-electron chi connectivity index (χ2n) is 3.74. The molecule has 2 aromatic rings. The number of ether oxygens (including phenoxy) is 1. The number of nitrogens with zero attached hydrogens (tertiary/aromatic N) is 4. The minimum atomic E-state index is -0.447. The van der Waals surface area contributed by atoms with Crippen LogP contribution in [0.15, 0.2) is 30.9 Å². The van der Waals surface area contributed by atoms with Crippen molar-refractivity contribution < 1.29 is 9.66 Å². The van der Waals surface area contributed by atoms with Crippen LogP contribution in [0.4, 0.5) is 5.69 Å². The number of benzene rings is 1. The molecule has 0 spiro atoms. The van der Waals surface area contributed by atoms with Gasteiger partial charge in [0.05, 0.1) is 11.5 Å². The number of aromatic nitrogens is 3. The van der Waals surface area contributed by atoms with Crippen LogP contribution in [0, 0.1) is 17.0 Å². The Hall–Kier alpha value is -2.44. The summed E-state index contributed by atoms with van der Waals surface area (Å²) in [7, 11) is 0. The smallest absolute Gasteiger partial charge is 0.311 e. The molecule has 0 aliphatic carbocycles. The molecule has 0 aliphatic heterocycles. The minimum Gasteiger partial charge on any atom is -0.485 e. The van der Waals surface area contributed by atoms with Crippen LogP contribution in [0.5, 0.6) is 5.75 Å². The van der Waals surface area contributed by atoms with Crippen LogP contribution in [0.1, 0.15) is 5.56 Å². The average molecular weight is 248 g/mol. The van der Waals surface area contributed by atoms with Crippen molar-refractivity contribution in [3.05, 3.63) is 46.5 Å². The number of nitro benzene ring substituents is 1. The van der Waals surface area contributed by atoms with Gasteiger partial charge < -0.3 is 4.74 Å². The summed E-state index contributed by atoms with van der Waals surface area (Å²) in [6.07, 6.45) is 2.99. The lowest BCUT2D eigenvalue weighted by molar-refractivity contribution is -0.385. The van der Waals surface area contributed by atoms with Crippen LogP contribution >= 0.6 is 0 Å². The van der Waals surface area contributed by atoms with Crippen molar-refractivity contribution in [3.63, 3.8) is 0 Å². The third kappa shape index (κ3) is 2.82. The molecule has 0 atom stereocenters. The summed E-state index contributed by atoms with van der Waals surface area (Å²) in [5.74, 6) is 0.269. The summed E-state index contributed by atoms with van der Waals surface area (Å²) in [6.45, 7) is 2.59. The lowest BCUT2D eigenvalue weighted by Crippen LogP contribution is -2.09. The maximum Gasteiger partial charge on any atom is 0.311 e. The predicted molar refractivity (Wildman–Crippen MR) is 63.4 cm³/mol. The van der Waals surface area contributed by atoms with Gasteiger partial charge in [-0.15, -0.1) is 0 Å². The van der Waals surface area contributed by atoms with Crippen LogP contribution < -0.4 is 4.74 Å². The monoisotopic (exact) mass is 248 g/mol. The first kappa shape index (κ1) is 12.0. The summed E-state index contributed by atoms with van der Waals surface area (Å²) in [5, 5.41) is 14.8. The molecular weight excluding hydrogens is 236 g/mol. The highest BCUT2D eigenvalue weighted by Gasteiger charge is 2.14. The first-order chi connectivity index (χ1) is 8.66. The van der Waals surface area contributed by atoms with Crippen molar-refractivity contribution in [2.75, 3.05) is 6.61 Å². The van der Waals surface area contributed by atoms with Gasteiger partial charge in [-0.05, 0) is 18.6 Å². The first-order valence-corrected chi connectivity index (χ1v) is 5.37. The van der Waals surface area contributed by atoms with E-state index in [4.69, 9.17) is 4.74 Å². The topological polar surface area (TPSA) is 83.1 Å². The van der Waals surface area contributed by atoms with Crippen molar-refractivity contribution >= 4 is 5.69 Å². The molecule has 0 bridgehead atoms. The van der Waals surface area contributed by atoms with Gasteiger partial charge in [-0.3, -0.25) is 10.1 Å². The summed E-state index contributed by atoms with van der Waals surface area (Å²) < 4.78 is 6.99. The van der Waals surface area contributed by atoms with E-state index in [0.29, 0.717) is 13.2 Å². The van der Waals surface area contributed by atoms with Crippen molar-refractivity contribution in [1.82, 2.24) is 14.8 Å². The third-order valence-electron chi connectivity index (χ3n) is 2.36. The molecule has 0 saturated heterocycles.